The Morgan fingerprint density at radius 1 is 1.00 bits per heavy atom. The lowest BCUT2D eigenvalue weighted by molar-refractivity contribution is -0.136. The van der Waals surface area contributed by atoms with Crippen LogP contribution in [0, 0.1) is 0 Å². The predicted molar refractivity (Wildman–Crippen MR) is 50.5 cm³/mol. The summed E-state index contributed by atoms with van der Waals surface area (Å²) in [6, 6.07) is 0. The van der Waals surface area contributed by atoms with E-state index in [0.29, 0.717) is 12.8 Å². The molecule has 0 atom stereocenters. The number of unbranched alkanes of at least 4 members (excludes halogenated alkanes) is 2. The fraction of sp³-hybridized carbons (Fsp3) is 0.800. The Bertz CT molecular complexity index is 164. The Kier molecular flexibility index (Phi) is 7.50. The molecule has 0 aliphatic heterocycles. The average molecular weight is 186 g/mol. The molecule has 0 aromatic heterocycles. The fourth-order valence-corrected chi connectivity index (χ4v) is 1.05. The zero-order valence-electron chi connectivity index (χ0n) is 8.21. The minimum absolute atomic E-state index is 0.0199. The standard InChI is InChI=1S/C10H18O3/c1-2-3-4-6-9(12)10(13)7-5-8-11/h11H,2-8H2,1H3. The van der Waals surface area contributed by atoms with Gasteiger partial charge in [0.1, 0.15) is 0 Å². The summed E-state index contributed by atoms with van der Waals surface area (Å²) in [6.07, 6.45) is 3.83. The van der Waals surface area contributed by atoms with Gasteiger partial charge in [-0.1, -0.05) is 19.8 Å². The molecule has 76 valence electrons. The Morgan fingerprint density at radius 2 is 1.54 bits per heavy atom. The zero-order valence-corrected chi connectivity index (χ0v) is 8.21. The number of ketones is 2. The summed E-state index contributed by atoms with van der Waals surface area (Å²) in [5, 5.41) is 8.45. The van der Waals surface area contributed by atoms with Gasteiger partial charge < -0.3 is 5.11 Å². The average Bonchev–Trinajstić information content (AvgIpc) is 2.14. The molecule has 0 bridgehead atoms. The van der Waals surface area contributed by atoms with E-state index in [1.54, 1.807) is 0 Å². The van der Waals surface area contributed by atoms with Gasteiger partial charge in [0, 0.05) is 19.4 Å². The molecule has 0 rings (SSSR count). The van der Waals surface area contributed by atoms with Crippen molar-refractivity contribution >= 4 is 11.6 Å². The molecule has 0 unspecified atom stereocenters. The normalized spacial score (nSPS) is 10.0. The van der Waals surface area contributed by atoms with Crippen LogP contribution in [0.25, 0.3) is 0 Å². The second kappa shape index (κ2) is 7.92. The number of Topliss-reactive ketones (excluding diaryl/α,β-unsaturated/α-hetero) is 2. The molecular weight excluding hydrogens is 168 g/mol. The number of carbonyl (C=O) groups excluding carboxylic acids is 2. The van der Waals surface area contributed by atoms with Crippen LogP contribution in [-0.4, -0.2) is 23.3 Å². The van der Waals surface area contributed by atoms with E-state index in [4.69, 9.17) is 5.11 Å². The van der Waals surface area contributed by atoms with Crippen molar-refractivity contribution in [1.82, 2.24) is 0 Å². The summed E-state index contributed by atoms with van der Waals surface area (Å²) in [5.41, 5.74) is 0. The first-order chi connectivity index (χ1) is 6.22. The molecule has 0 spiro atoms. The van der Waals surface area contributed by atoms with Crippen molar-refractivity contribution in [3.63, 3.8) is 0 Å². The van der Waals surface area contributed by atoms with Crippen LogP contribution in [-0.2, 0) is 9.59 Å². The van der Waals surface area contributed by atoms with Crippen LogP contribution in [0.3, 0.4) is 0 Å². The van der Waals surface area contributed by atoms with E-state index >= 15 is 0 Å². The highest BCUT2D eigenvalue weighted by atomic mass is 16.3. The first-order valence-corrected chi connectivity index (χ1v) is 4.89. The van der Waals surface area contributed by atoms with E-state index in [-0.39, 0.29) is 24.6 Å². The SMILES string of the molecule is CCCCCC(=O)C(=O)CCCO. The lowest BCUT2D eigenvalue weighted by atomic mass is 10.1. The third kappa shape index (κ3) is 6.46. The Balaban J connectivity index is 3.51. The number of aliphatic hydroxyl groups excluding tert-OH is 1. The van der Waals surface area contributed by atoms with Gasteiger partial charge in [-0.05, 0) is 12.8 Å². The smallest absolute Gasteiger partial charge is 0.198 e. The summed E-state index contributed by atoms with van der Waals surface area (Å²) in [7, 11) is 0. The van der Waals surface area contributed by atoms with Crippen LogP contribution in [0.4, 0.5) is 0 Å². The van der Waals surface area contributed by atoms with Crippen molar-refractivity contribution < 1.29 is 14.7 Å². The van der Waals surface area contributed by atoms with E-state index in [9.17, 15) is 9.59 Å². The maximum Gasteiger partial charge on any atom is 0.198 e. The molecule has 3 heteroatoms. The van der Waals surface area contributed by atoms with Gasteiger partial charge >= 0.3 is 0 Å². The van der Waals surface area contributed by atoms with Crippen molar-refractivity contribution in [3.05, 3.63) is 0 Å². The first-order valence-electron chi connectivity index (χ1n) is 4.89. The molecule has 0 saturated heterocycles. The zero-order chi connectivity index (χ0) is 10.1. The second-order valence-corrected chi connectivity index (χ2v) is 3.13. The highest BCUT2D eigenvalue weighted by molar-refractivity contribution is 6.37. The number of rotatable bonds is 8. The summed E-state index contributed by atoms with van der Waals surface area (Å²) in [6.45, 7) is 2.03. The summed E-state index contributed by atoms with van der Waals surface area (Å²) in [4.78, 5) is 22.1. The molecule has 0 fully saturated rings. The van der Waals surface area contributed by atoms with Gasteiger partial charge in [-0.15, -0.1) is 0 Å². The summed E-state index contributed by atoms with van der Waals surface area (Å²) >= 11 is 0. The molecule has 0 aliphatic carbocycles. The lowest BCUT2D eigenvalue weighted by Gasteiger charge is -1.98. The third-order valence-corrected chi connectivity index (χ3v) is 1.88. The van der Waals surface area contributed by atoms with E-state index in [1.165, 1.54) is 0 Å². The van der Waals surface area contributed by atoms with Gasteiger partial charge in [0.25, 0.3) is 0 Å². The van der Waals surface area contributed by atoms with Crippen LogP contribution < -0.4 is 0 Å². The Morgan fingerprint density at radius 3 is 2.00 bits per heavy atom. The first kappa shape index (κ1) is 12.3. The quantitative estimate of drug-likeness (QED) is 0.461. The molecule has 13 heavy (non-hydrogen) atoms. The monoisotopic (exact) mass is 186 g/mol. The molecule has 3 nitrogen and oxygen atoms in total. The number of aliphatic hydroxyl groups is 1. The molecule has 0 heterocycles. The fourth-order valence-electron chi connectivity index (χ4n) is 1.05. The van der Waals surface area contributed by atoms with E-state index in [0.717, 1.165) is 19.3 Å². The van der Waals surface area contributed by atoms with Gasteiger partial charge in [-0.2, -0.15) is 0 Å². The van der Waals surface area contributed by atoms with Crippen LogP contribution >= 0.6 is 0 Å². The number of carbonyl (C=O) groups is 2. The van der Waals surface area contributed by atoms with Gasteiger partial charge in [0.05, 0.1) is 0 Å². The van der Waals surface area contributed by atoms with Gasteiger partial charge in [-0.3, -0.25) is 9.59 Å². The highest BCUT2D eigenvalue weighted by Gasteiger charge is 2.11. The number of hydrogen-bond donors (Lipinski definition) is 1. The maximum absolute atomic E-state index is 11.1. The van der Waals surface area contributed by atoms with Crippen LogP contribution in [0.1, 0.15) is 45.4 Å². The molecule has 0 amide bonds. The van der Waals surface area contributed by atoms with Crippen molar-refractivity contribution in [2.75, 3.05) is 6.61 Å². The molecule has 0 aromatic carbocycles. The molecule has 0 aliphatic rings. The molecule has 0 saturated carbocycles. The highest BCUT2D eigenvalue weighted by Crippen LogP contribution is 2.02. The minimum atomic E-state index is -0.329. The summed E-state index contributed by atoms with van der Waals surface area (Å²) < 4.78 is 0. The minimum Gasteiger partial charge on any atom is -0.396 e. The van der Waals surface area contributed by atoms with Crippen LogP contribution in [0.2, 0.25) is 0 Å². The number of hydrogen-bond acceptors (Lipinski definition) is 3. The third-order valence-electron chi connectivity index (χ3n) is 1.88. The van der Waals surface area contributed by atoms with E-state index in [2.05, 4.69) is 6.92 Å². The van der Waals surface area contributed by atoms with E-state index in [1.807, 2.05) is 0 Å². The van der Waals surface area contributed by atoms with Gasteiger partial charge in [0.15, 0.2) is 11.6 Å². The van der Waals surface area contributed by atoms with Crippen LogP contribution in [0.15, 0.2) is 0 Å². The predicted octanol–water partition coefficient (Wildman–Crippen LogP) is 1.48. The van der Waals surface area contributed by atoms with Crippen molar-refractivity contribution in [2.24, 2.45) is 0 Å². The molecular formula is C10H18O3. The molecule has 0 radical (unpaired) electrons. The van der Waals surface area contributed by atoms with E-state index < -0.39 is 0 Å². The van der Waals surface area contributed by atoms with Crippen LogP contribution in [0.5, 0.6) is 0 Å². The molecule has 0 aromatic rings. The molecule has 1 N–H and O–H groups in total. The van der Waals surface area contributed by atoms with Gasteiger partial charge in [0.2, 0.25) is 0 Å². The van der Waals surface area contributed by atoms with Crippen molar-refractivity contribution in [3.8, 4) is 0 Å². The van der Waals surface area contributed by atoms with Crippen molar-refractivity contribution in [1.29, 1.82) is 0 Å². The second-order valence-electron chi connectivity index (χ2n) is 3.13. The van der Waals surface area contributed by atoms with Crippen molar-refractivity contribution in [2.45, 2.75) is 45.4 Å². The van der Waals surface area contributed by atoms with Gasteiger partial charge in [-0.25, -0.2) is 0 Å². The summed E-state index contributed by atoms with van der Waals surface area (Å²) in [5.74, 6) is -0.605. The Labute approximate surface area is 79.1 Å². The maximum atomic E-state index is 11.1. The lowest BCUT2D eigenvalue weighted by Crippen LogP contribution is -2.13. The Hall–Kier alpha value is -0.700. The largest absolute Gasteiger partial charge is 0.396 e. The topological polar surface area (TPSA) is 54.4 Å².